The van der Waals surface area contributed by atoms with E-state index in [-0.39, 0.29) is 0 Å². The third-order valence-electron chi connectivity index (χ3n) is 4.67. The molecule has 0 atom stereocenters. The predicted octanol–water partition coefficient (Wildman–Crippen LogP) is 3.35. The summed E-state index contributed by atoms with van der Waals surface area (Å²) in [5, 5.41) is 3.64. The molecule has 1 aromatic carbocycles. The number of rotatable bonds is 9. The summed E-state index contributed by atoms with van der Waals surface area (Å²) >= 11 is 0. The molecule has 1 aromatic rings. The molecule has 2 fully saturated rings. The van der Waals surface area contributed by atoms with E-state index in [1.165, 1.54) is 31.2 Å². The van der Waals surface area contributed by atoms with E-state index in [4.69, 9.17) is 9.47 Å². The molecule has 0 aliphatic heterocycles. The first kappa shape index (κ1) is 14.9. The summed E-state index contributed by atoms with van der Waals surface area (Å²) in [6.45, 7) is 2.97. The van der Waals surface area contributed by atoms with Crippen molar-refractivity contribution in [2.75, 3.05) is 26.9 Å². The molecular formula is C18H27NO2. The van der Waals surface area contributed by atoms with Gasteiger partial charge in [0.25, 0.3) is 0 Å². The van der Waals surface area contributed by atoms with Crippen LogP contribution < -0.4 is 10.1 Å². The van der Waals surface area contributed by atoms with Gasteiger partial charge in [-0.1, -0.05) is 18.2 Å². The fraction of sp³-hybridized carbons (Fsp3) is 0.667. The van der Waals surface area contributed by atoms with Crippen LogP contribution in [0.4, 0.5) is 0 Å². The zero-order chi connectivity index (χ0) is 14.5. The van der Waals surface area contributed by atoms with Gasteiger partial charge in [-0.3, -0.25) is 0 Å². The van der Waals surface area contributed by atoms with Gasteiger partial charge in [0.15, 0.2) is 0 Å². The molecule has 2 saturated carbocycles. The molecule has 0 amide bonds. The zero-order valence-corrected chi connectivity index (χ0v) is 13.0. The molecule has 21 heavy (non-hydrogen) atoms. The smallest absolute Gasteiger partial charge is 0.122 e. The molecule has 0 radical (unpaired) electrons. The Hall–Kier alpha value is -1.06. The van der Waals surface area contributed by atoms with Crippen LogP contribution >= 0.6 is 0 Å². The van der Waals surface area contributed by atoms with Crippen molar-refractivity contribution in [1.29, 1.82) is 0 Å². The first-order chi connectivity index (χ1) is 10.4. The van der Waals surface area contributed by atoms with Crippen LogP contribution in [0.5, 0.6) is 5.75 Å². The summed E-state index contributed by atoms with van der Waals surface area (Å²) in [6, 6.07) is 9.08. The van der Waals surface area contributed by atoms with Crippen molar-refractivity contribution >= 4 is 0 Å². The number of ether oxygens (including phenoxy) is 2. The van der Waals surface area contributed by atoms with Crippen LogP contribution in [0, 0.1) is 5.92 Å². The second kappa shape index (κ2) is 7.28. The molecule has 3 nitrogen and oxygen atoms in total. The molecule has 0 bridgehead atoms. The van der Waals surface area contributed by atoms with E-state index < -0.39 is 0 Å². The summed E-state index contributed by atoms with van der Waals surface area (Å²) in [6.07, 6.45) is 6.34. The first-order valence-corrected chi connectivity index (χ1v) is 8.31. The van der Waals surface area contributed by atoms with E-state index in [1.807, 2.05) is 6.07 Å². The van der Waals surface area contributed by atoms with E-state index in [1.54, 1.807) is 7.11 Å². The van der Waals surface area contributed by atoms with E-state index in [0.29, 0.717) is 12.0 Å². The lowest BCUT2D eigenvalue weighted by Crippen LogP contribution is -2.40. The van der Waals surface area contributed by atoms with Crippen molar-refractivity contribution in [1.82, 2.24) is 5.32 Å². The van der Waals surface area contributed by atoms with E-state index in [2.05, 4.69) is 23.5 Å². The Morgan fingerprint density at radius 1 is 1.19 bits per heavy atom. The molecule has 0 spiro atoms. The molecule has 0 unspecified atom stereocenters. The molecule has 2 aliphatic rings. The third-order valence-corrected chi connectivity index (χ3v) is 4.67. The Morgan fingerprint density at radius 2 is 2.00 bits per heavy atom. The highest BCUT2D eigenvalue weighted by Crippen LogP contribution is 2.40. The fourth-order valence-electron chi connectivity index (χ4n) is 3.06. The van der Waals surface area contributed by atoms with Gasteiger partial charge in [-0.2, -0.15) is 0 Å². The molecule has 0 aromatic heterocycles. The second-order valence-corrected chi connectivity index (χ2v) is 6.43. The van der Waals surface area contributed by atoms with E-state index in [9.17, 15) is 0 Å². The highest BCUT2D eigenvalue weighted by atomic mass is 16.5. The summed E-state index contributed by atoms with van der Waals surface area (Å²) in [7, 11) is 1.76. The Balaban J connectivity index is 1.28. The van der Waals surface area contributed by atoms with Crippen LogP contribution in [0.1, 0.15) is 43.6 Å². The largest absolute Gasteiger partial charge is 0.496 e. The number of benzene rings is 1. The van der Waals surface area contributed by atoms with Crippen LogP contribution in [0.3, 0.4) is 0 Å². The maximum absolute atomic E-state index is 5.66. The lowest BCUT2D eigenvalue weighted by atomic mass is 9.75. The van der Waals surface area contributed by atoms with Crippen molar-refractivity contribution in [3.63, 3.8) is 0 Å². The molecular weight excluding hydrogens is 262 g/mol. The molecule has 3 rings (SSSR count). The Kier molecular flexibility index (Phi) is 5.15. The van der Waals surface area contributed by atoms with Crippen molar-refractivity contribution in [2.24, 2.45) is 5.92 Å². The van der Waals surface area contributed by atoms with Gasteiger partial charge in [0.2, 0.25) is 0 Å². The van der Waals surface area contributed by atoms with Gasteiger partial charge in [0.05, 0.1) is 7.11 Å². The Labute approximate surface area is 128 Å². The van der Waals surface area contributed by atoms with Crippen LogP contribution in [0.2, 0.25) is 0 Å². The van der Waals surface area contributed by atoms with Gasteiger partial charge in [-0.15, -0.1) is 0 Å². The molecule has 3 heteroatoms. The molecule has 116 valence electrons. The number of nitrogens with one attached hydrogen (secondary N) is 1. The van der Waals surface area contributed by atoms with Crippen molar-refractivity contribution < 1.29 is 9.47 Å². The number of hydrogen-bond acceptors (Lipinski definition) is 3. The maximum atomic E-state index is 5.66. The van der Waals surface area contributed by atoms with Crippen molar-refractivity contribution in [3.8, 4) is 5.75 Å². The Morgan fingerprint density at radius 3 is 2.76 bits per heavy atom. The maximum Gasteiger partial charge on any atom is 0.122 e. The predicted molar refractivity (Wildman–Crippen MR) is 84.9 cm³/mol. The minimum absolute atomic E-state index is 0.657. The zero-order valence-electron chi connectivity index (χ0n) is 13.0. The van der Waals surface area contributed by atoms with Gasteiger partial charge in [0.1, 0.15) is 5.75 Å². The summed E-state index contributed by atoms with van der Waals surface area (Å²) in [5.74, 6) is 2.57. The van der Waals surface area contributed by atoms with Gasteiger partial charge < -0.3 is 14.8 Å². The summed E-state index contributed by atoms with van der Waals surface area (Å²) < 4.78 is 11.1. The van der Waals surface area contributed by atoms with Crippen LogP contribution in [0.15, 0.2) is 24.3 Å². The molecule has 2 aliphatic carbocycles. The molecule has 1 N–H and O–H groups in total. The van der Waals surface area contributed by atoms with E-state index in [0.717, 1.165) is 37.8 Å². The van der Waals surface area contributed by atoms with Crippen LogP contribution in [0.25, 0.3) is 0 Å². The molecule has 0 saturated heterocycles. The first-order valence-electron chi connectivity index (χ1n) is 8.31. The summed E-state index contributed by atoms with van der Waals surface area (Å²) in [4.78, 5) is 0. The topological polar surface area (TPSA) is 30.5 Å². The highest BCUT2D eigenvalue weighted by molar-refractivity contribution is 5.37. The third kappa shape index (κ3) is 4.21. The lowest BCUT2D eigenvalue weighted by molar-refractivity contribution is 0.120. The average Bonchev–Trinajstić information content (AvgIpc) is 3.28. The minimum atomic E-state index is 0.657. The minimum Gasteiger partial charge on any atom is -0.496 e. The average molecular weight is 289 g/mol. The summed E-state index contributed by atoms with van der Waals surface area (Å²) in [5.41, 5.74) is 1.37. The number of hydrogen-bond donors (Lipinski definition) is 1. The highest BCUT2D eigenvalue weighted by Gasteiger charge is 2.31. The van der Waals surface area contributed by atoms with E-state index >= 15 is 0 Å². The van der Waals surface area contributed by atoms with Gasteiger partial charge in [0, 0.05) is 19.3 Å². The molecule has 0 heterocycles. The SMILES string of the molecule is COc1ccccc1C1CC(NCCCOCC2CC2)C1. The second-order valence-electron chi connectivity index (χ2n) is 6.43. The van der Waals surface area contributed by atoms with Gasteiger partial charge in [-0.25, -0.2) is 0 Å². The van der Waals surface area contributed by atoms with Crippen molar-refractivity contribution in [3.05, 3.63) is 29.8 Å². The quantitative estimate of drug-likeness (QED) is 0.707. The normalized spacial score (nSPS) is 24.6. The Bertz CT molecular complexity index is 439. The van der Waals surface area contributed by atoms with Gasteiger partial charge >= 0.3 is 0 Å². The number of para-hydroxylation sites is 1. The van der Waals surface area contributed by atoms with Crippen LogP contribution in [-0.2, 0) is 4.74 Å². The van der Waals surface area contributed by atoms with Gasteiger partial charge in [-0.05, 0) is 62.1 Å². The fourth-order valence-corrected chi connectivity index (χ4v) is 3.06. The number of methoxy groups -OCH3 is 1. The van der Waals surface area contributed by atoms with Crippen LogP contribution in [-0.4, -0.2) is 32.9 Å². The van der Waals surface area contributed by atoms with Crippen molar-refractivity contribution in [2.45, 2.75) is 44.1 Å². The lowest BCUT2D eigenvalue weighted by Gasteiger charge is -2.37. The monoisotopic (exact) mass is 289 g/mol. The standard InChI is InChI=1S/C18H27NO2/c1-20-18-6-3-2-5-17(18)15-11-16(12-15)19-9-4-10-21-13-14-7-8-14/h2-3,5-6,14-16,19H,4,7-13H2,1H3.